The maximum Gasteiger partial charge on any atom is 3.00 e. The van der Waals surface area contributed by atoms with E-state index in [-0.39, 0.29) is 38.6 Å². The van der Waals surface area contributed by atoms with Crippen molar-refractivity contribution in [1.82, 2.24) is 4.98 Å². The fourth-order valence-electron chi connectivity index (χ4n) is 7.29. The molecule has 5 aromatic carbocycles. The Hall–Kier alpha value is -4.45. The number of aromatic nitrogens is 1. The van der Waals surface area contributed by atoms with E-state index in [2.05, 4.69) is 187 Å². The zero-order chi connectivity index (χ0) is 36.4. The zero-order valence-corrected chi connectivity index (χ0v) is 34.6. The molecule has 0 unspecified atom stereocenters. The fourth-order valence-corrected chi connectivity index (χ4v) is 8.16. The molecule has 8 rings (SSSR count). The van der Waals surface area contributed by atoms with Crippen molar-refractivity contribution >= 4 is 50.0 Å². The molecule has 0 aliphatic carbocycles. The molecule has 0 bridgehead atoms. The number of para-hydroxylation sites is 3. The molecular weight excluding hydrogens is 848 g/mol. The number of benzene rings is 5. The minimum atomic E-state index is -0.182. The number of anilines is 3. The summed E-state index contributed by atoms with van der Waals surface area (Å²) in [7, 11) is 0. The van der Waals surface area contributed by atoms with Crippen LogP contribution in [0.4, 0.5) is 28.6 Å². The Morgan fingerprint density at radius 1 is 0.679 bits per heavy atom. The van der Waals surface area contributed by atoms with Crippen LogP contribution in [0.2, 0.25) is 0 Å². The Morgan fingerprint density at radius 3 is 2.06 bits per heavy atom. The van der Waals surface area contributed by atoms with E-state index in [1.54, 1.807) is 11.3 Å². The second-order valence-corrected chi connectivity index (χ2v) is 17.4. The summed E-state index contributed by atoms with van der Waals surface area (Å²) in [5.41, 5.74) is 12.7. The van der Waals surface area contributed by atoms with E-state index in [9.17, 15) is 0 Å². The first-order chi connectivity index (χ1) is 24.8. The number of thiophene rings is 1. The minimum absolute atomic E-state index is 0. The molecular formula is C48H44AuN3S. The predicted molar refractivity (Wildman–Crippen MR) is 221 cm³/mol. The molecule has 3 nitrogen and oxygen atoms in total. The third-order valence-electron chi connectivity index (χ3n) is 10.4. The van der Waals surface area contributed by atoms with Gasteiger partial charge in [0.05, 0.1) is 4.70 Å². The van der Waals surface area contributed by atoms with Crippen molar-refractivity contribution in [2.24, 2.45) is 0 Å². The third-order valence-corrected chi connectivity index (χ3v) is 11.3. The van der Waals surface area contributed by atoms with Crippen LogP contribution in [-0.2, 0) is 38.6 Å². The molecule has 0 radical (unpaired) electrons. The van der Waals surface area contributed by atoms with Crippen molar-refractivity contribution in [3.8, 4) is 22.3 Å². The van der Waals surface area contributed by atoms with Crippen molar-refractivity contribution in [2.45, 2.75) is 71.6 Å². The second kappa shape index (κ2) is 13.8. The van der Waals surface area contributed by atoms with Crippen molar-refractivity contribution in [1.29, 1.82) is 0 Å². The Balaban J connectivity index is 0.00000435. The maximum atomic E-state index is 5.31. The van der Waals surface area contributed by atoms with Gasteiger partial charge in [-0.25, -0.2) is 10.5 Å². The maximum absolute atomic E-state index is 5.31. The summed E-state index contributed by atoms with van der Waals surface area (Å²) in [5.74, 6) is 0.903. The Morgan fingerprint density at radius 2 is 1.32 bits per heavy atom. The van der Waals surface area contributed by atoms with E-state index >= 15 is 0 Å². The molecule has 7 aromatic rings. The van der Waals surface area contributed by atoms with Crippen molar-refractivity contribution in [2.75, 3.05) is 4.90 Å². The molecule has 1 aliphatic rings. The van der Waals surface area contributed by atoms with Crippen molar-refractivity contribution in [3.05, 3.63) is 160 Å². The standard InChI is InChI=1S/C48H44N3S.Au/c1-46(2,3)35-26-32(25-34(28-35)39-17-14-19-41-43(39)50-42-20-13-12-18-40(42)48(41,7)8)33-27-36(47(4,5)6)30-38(29-33)51(37-15-10-9-11-16-37)45-44-31(21-23-49-45)22-24-52-44;/h9-24,26-28,30H,1-8H3;/q-3;+3. The van der Waals surface area contributed by atoms with Crippen LogP contribution in [0.3, 0.4) is 0 Å². The topological polar surface area (TPSA) is 30.2 Å². The normalized spacial score (nSPS) is 13.4. The molecule has 1 aliphatic heterocycles. The molecule has 2 aromatic heterocycles. The summed E-state index contributed by atoms with van der Waals surface area (Å²) in [5, 5.41) is 8.63. The number of hydrogen-bond acceptors (Lipinski definition) is 3. The molecule has 3 heterocycles. The van der Waals surface area contributed by atoms with Gasteiger partial charge in [-0.1, -0.05) is 133 Å². The quantitative estimate of drug-likeness (QED) is 0.127. The number of pyridine rings is 1. The van der Waals surface area contributed by atoms with Gasteiger partial charge in [0, 0.05) is 17.3 Å². The molecule has 268 valence electrons. The summed E-state index contributed by atoms with van der Waals surface area (Å²) in [6, 6.07) is 47.0. The summed E-state index contributed by atoms with van der Waals surface area (Å²) in [6.07, 6.45) is 1.91. The van der Waals surface area contributed by atoms with Gasteiger partial charge in [0.2, 0.25) is 0 Å². The van der Waals surface area contributed by atoms with Crippen LogP contribution in [0.5, 0.6) is 0 Å². The SMILES string of the molecule is CC(C)(C)c1cc(-c2[c-]c(N(c3ccccc3)c3nccc4ccsc34)cc(C(C)(C)C)c2)[c-]c(-c2cccc3c2[N-]c2ccccc2C3(C)C)c1.[Au+3]. The molecule has 0 N–H and O–H groups in total. The molecule has 0 spiro atoms. The van der Waals surface area contributed by atoms with E-state index in [4.69, 9.17) is 10.3 Å². The van der Waals surface area contributed by atoms with Gasteiger partial charge in [-0.3, -0.25) is 0 Å². The van der Waals surface area contributed by atoms with Gasteiger partial charge in [0.15, 0.2) is 5.82 Å². The average Bonchev–Trinajstić information content (AvgIpc) is 3.61. The Kier molecular flexibility index (Phi) is 9.57. The Labute approximate surface area is 334 Å². The predicted octanol–water partition coefficient (Wildman–Crippen LogP) is 14.3. The minimum Gasteiger partial charge on any atom is -0.663 e. The molecule has 5 heteroatoms. The monoisotopic (exact) mass is 891 g/mol. The third kappa shape index (κ3) is 6.79. The summed E-state index contributed by atoms with van der Waals surface area (Å²) < 4.78 is 1.15. The molecule has 0 saturated heterocycles. The smallest absolute Gasteiger partial charge is 0.663 e. The van der Waals surface area contributed by atoms with E-state index in [1.165, 1.54) is 27.6 Å². The number of nitrogens with zero attached hydrogens (tertiary/aromatic N) is 3. The van der Waals surface area contributed by atoms with Crippen LogP contribution < -0.4 is 4.90 Å². The number of fused-ring (bicyclic) bond motifs is 3. The molecule has 0 atom stereocenters. The second-order valence-electron chi connectivity index (χ2n) is 16.5. The van der Waals surface area contributed by atoms with Crippen molar-refractivity contribution < 1.29 is 22.4 Å². The first kappa shape index (κ1) is 36.9. The number of hydrogen-bond donors (Lipinski definition) is 0. The summed E-state index contributed by atoms with van der Waals surface area (Å²) >= 11 is 1.72. The zero-order valence-electron chi connectivity index (χ0n) is 31.6. The molecule has 0 saturated carbocycles. The van der Waals surface area contributed by atoms with E-state index in [0.29, 0.717) is 0 Å². The largest absolute Gasteiger partial charge is 3.00 e. The summed E-state index contributed by atoms with van der Waals surface area (Å²) in [6.45, 7) is 18.3. The van der Waals surface area contributed by atoms with Gasteiger partial charge in [-0.05, 0) is 51.5 Å². The van der Waals surface area contributed by atoms with Gasteiger partial charge < -0.3 is 10.2 Å². The fraction of sp³-hybridized carbons (Fsp3) is 0.229. The van der Waals surface area contributed by atoms with Crippen LogP contribution in [0.15, 0.2) is 121 Å². The van der Waals surface area contributed by atoms with Gasteiger partial charge in [0.25, 0.3) is 0 Å². The average molecular weight is 892 g/mol. The molecule has 0 fully saturated rings. The first-order valence-corrected chi connectivity index (χ1v) is 19.0. The van der Waals surface area contributed by atoms with Crippen LogP contribution >= 0.6 is 11.3 Å². The number of rotatable bonds is 5. The van der Waals surface area contributed by atoms with Crippen LogP contribution in [0, 0.1) is 12.1 Å². The van der Waals surface area contributed by atoms with Gasteiger partial charge in [-0.15, -0.1) is 45.8 Å². The van der Waals surface area contributed by atoms with Gasteiger partial charge in [-0.2, -0.15) is 35.5 Å². The van der Waals surface area contributed by atoms with E-state index in [0.717, 1.165) is 55.5 Å². The summed E-state index contributed by atoms with van der Waals surface area (Å²) in [4.78, 5) is 7.26. The van der Waals surface area contributed by atoms with Gasteiger partial charge >= 0.3 is 22.4 Å². The Bertz CT molecular complexity index is 2450. The van der Waals surface area contributed by atoms with E-state index < -0.39 is 0 Å². The molecule has 53 heavy (non-hydrogen) atoms. The van der Waals surface area contributed by atoms with Crippen LogP contribution in [0.1, 0.15) is 77.6 Å². The molecule has 0 amide bonds. The van der Waals surface area contributed by atoms with Crippen LogP contribution in [0.25, 0.3) is 37.7 Å². The first-order valence-electron chi connectivity index (χ1n) is 18.1. The van der Waals surface area contributed by atoms with Crippen molar-refractivity contribution in [3.63, 3.8) is 0 Å². The van der Waals surface area contributed by atoms with E-state index in [1.807, 2.05) is 6.20 Å². The van der Waals surface area contributed by atoms with Crippen LogP contribution in [-0.4, -0.2) is 4.98 Å². The van der Waals surface area contributed by atoms with Gasteiger partial charge in [0.1, 0.15) is 0 Å².